The lowest BCUT2D eigenvalue weighted by molar-refractivity contribution is 0.0435. The first-order valence-corrected chi connectivity index (χ1v) is 11.9. The summed E-state index contributed by atoms with van der Waals surface area (Å²) in [6.45, 7) is 3.73. The Labute approximate surface area is 200 Å². The molecule has 9 heteroatoms. The van der Waals surface area contributed by atoms with Crippen LogP contribution in [0, 0.1) is 0 Å². The lowest BCUT2D eigenvalue weighted by atomic mass is 9.96. The van der Waals surface area contributed by atoms with Gasteiger partial charge in [0.25, 0.3) is 11.8 Å². The summed E-state index contributed by atoms with van der Waals surface area (Å²) in [6.07, 6.45) is 5.49. The first kappa shape index (κ1) is 24.1. The van der Waals surface area contributed by atoms with Crippen LogP contribution in [-0.4, -0.2) is 72.4 Å². The molecule has 2 N–H and O–H groups in total. The molecule has 1 aromatic carbocycles. The molecule has 9 nitrogen and oxygen atoms in total. The Hall–Kier alpha value is -3.07. The minimum atomic E-state index is -0.405. The van der Waals surface area contributed by atoms with Crippen molar-refractivity contribution in [3.05, 3.63) is 41.2 Å². The minimum Gasteiger partial charge on any atom is -0.497 e. The predicted molar refractivity (Wildman–Crippen MR) is 129 cm³/mol. The van der Waals surface area contributed by atoms with Gasteiger partial charge in [-0.15, -0.1) is 0 Å². The third-order valence-electron chi connectivity index (χ3n) is 7.14. The summed E-state index contributed by atoms with van der Waals surface area (Å²) < 4.78 is 12.3. The molecule has 1 fully saturated rings. The molecule has 2 amide bonds. The number of amides is 2. The van der Waals surface area contributed by atoms with Crippen LogP contribution < -0.4 is 20.1 Å². The Balaban J connectivity index is 1.39. The summed E-state index contributed by atoms with van der Waals surface area (Å²) >= 11 is 0. The van der Waals surface area contributed by atoms with E-state index in [4.69, 9.17) is 9.47 Å². The van der Waals surface area contributed by atoms with Gasteiger partial charge in [-0.05, 0) is 37.8 Å². The van der Waals surface area contributed by atoms with Gasteiger partial charge in [0.1, 0.15) is 17.2 Å². The highest BCUT2D eigenvalue weighted by Gasteiger charge is 2.41. The molecule has 1 aliphatic heterocycles. The number of hydrogen-bond acceptors (Lipinski definition) is 6. The van der Waals surface area contributed by atoms with E-state index in [0.29, 0.717) is 49.3 Å². The van der Waals surface area contributed by atoms with Crippen LogP contribution in [0.4, 0.5) is 0 Å². The van der Waals surface area contributed by atoms with Crippen LogP contribution in [0.15, 0.2) is 24.3 Å². The van der Waals surface area contributed by atoms with E-state index in [2.05, 4.69) is 22.7 Å². The number of ether oxygens (including phenoxy) is 2. The number of hydrogen-bond donors (Lipinski definition) is 2. The van der Waals surface area contributed by atoms with Gasteiger partial charge in [-0.3, -0.25) is 14.3 Å². The highest BCUT2D eigenvalue weighted by molar-refractivity contribution is 5.98. The SMILES string of the molecule is COc1ccc(CCNC(=O)c2cc3n(n2)CC(C)(CNC2CCCC2)N(C)C3=O)c(OC)c1. The molecule has 4 rings (SSSR count). The van der Waals surface area contributed by atoms with E-state index in [1.807, 2.05) is 25.2 Å². The van der Waals surface area contributed by atoms with Crippen LogP contribution in [0.1, 0.15) is 59.1 Å². The van der Waals surface area contributed by atoms with Crippen molar-refractivity contribution in [2.75, 3.05) is 34.4 Å². The van der Waals surface area contributed by atoms with Gasteiger partial charge in [-0.25, -0.2) is 0 Å². The quantitative estimate of drug-likeness (QED) is 0.585. The average molecular weight is 470 g/mol. The molecule has 2 aromatic rings. The molecule has 184 valence electrons. The number of benzene rings is 1. The van der Waals surface area contributed by atoms with E-state index in [0.717, 1.165) is 5.56 Å². The number of carbonyl (C=O) groups excluding carboxylic acids is 2. The van der Waals surface area contributed by atoms with Gasteiger partial charge < -0.3 is 25.0 Å². The standard InChI is InChI=1S/C25H35N5O4/c1-25(15-27-18-7-5-6-8-18)16-30-21(24(32)29(25)2)14-20(28-30)23(31)26-12-11-17-9-10-19(33-3)13-22(17)34-4/h9-10,13-14,18,27H,5-8,11-12,15-16H2,1-4H3,(H,26,31). The molecule has 1 aliphatic carbocycles. The Morgan fingerprint density at radius 1 is 1.21 bits per heavy atom. The minimum absolute atomic E-state index is 0.114. The van der Waals surface area contributed by atoms with Crippen molar-refractivity contribution >= 4 is 11.8 Å². The number of nitrogens with one attached hydrogen (secondary N) is 2. The molecular weight excluding hydrogens is 434 g/mol. The van der Waals surface area contributed by atoms with E-state index < -0.39 is 5.54 Å². The fraction of sp³-hybridized carbons (Fsp3) is 0.560. The summed E-state index contributed by atoms with van der Waals surface area (Å²) in [7, 11) is 5.05. The molecule has 2 aliphatic rings. The topological polar surface area (TPSA) is 97.7 Å². The summed E-state index contributed by atoms with van der Waals surface area (Å²) in [6, 6.07) is 7.72. The molecule has 0 bridgehead atoms. The third kappa shape index (κ3) is 4.89. The second-order valence-electron chi connectivity index (χ2n) is 9.48. The highest BCUT2D eigenvalue weighted by atomic mass is 16.5. The van der Waals surface area contributed by atoms with Crippen molar-refractivity contribution in [1.29, 1.82) is 0 Å². The number of rotatable bonds is 9. The maximum absolute atomic E-state index is 13.1. The molecular formula is C25H35N5O4. The van der Waals surface area contributed by atoms with Crippen molar-refractivity contribution < 1.29 is 19.1 Å². The van der Waals surface area contributed by atoms with Gasteiger partial charge in [-0.1, -0.05) is 18.9 Å². The van der Waals surface area contributed by atoms with Crippen molar-refractivity contribution in [3.8, 4) is 11.5 Å². The maximum Gasteiger partial charge on any atom is 0.272 e. The van der Waals surface area contributed by atoms with E-state index in [-0.39, 0.29) is 17.5 Å². The molecule has 0 radical (unpaired) electrons. The first-order valence-electron chi connectivity index (χ1n) is 11.9. The molecule has 34 heavy (non-hydrogen) atoms. The maximum atomic E-state index is 13.1. The zero-order chi connectivity index (χ0) is 24.3. The van der Waals surface area contributed by atoms with Crippen LogP contribution in [0.3, 0.4) is 0 Å². The van der Waals surface area contributed by atoms with Crippen molar-refractivity contribution in [2.24, 2.45) is 0 Å². The molecule has 0 spiro atoms. The summed E-state index contributed by atoms with van der Waals surface area (Å²) in [5.74, 6) is 1.02. The van der Waals surface area contributed by atoms with Gasteiger partial charge in [0.05, 0.1) is 26.3 Å². The van der Waals surface area contributed by atoms with E-state index in [1.165, 1.54) is 25.7 Å². The zero-order valence-corrected chi connectivity index (χ0v) is 20.5. The van der Waals surface area contributed by atoms with Crippen LogP contribution in [0.2, 0.25) is 0 Å². The number of methoxy groups -OCH3 is 2. The van der Waals surface area contributed by atoms with Crippen LogP contribution in [-0.2, 0) is 13.0 Å². The fourth-order valence-electron chi connectivity index (χ4n) is 4.79. The molecule has 0 saturated heterocycles. The fourth-order valence-corrected chi connectivity index (χ4v) is 4.79. The van der Waals surface area contributed by atoms with Crippen molar-refractivity contribution in [2.45, 2.75) is 57.2 Å². The predicted octanol–water partition coefficient (Wildman–Crippen LogP) is 2.25. The Morgan fingerprint density at radius 2 is 1.97 bits per heavy atom. The van der Waals surface area contributed by atoms with Gasteiger partial charge in [0, 0.05) is 38.3 Å². The lowest BCUT2D eigenvalue weighted by Gasteiger charge is -2.43. The Kier molecular flexibility index (Phi) is 7.11. The number of carbonyl (C=O) groups is 2. The van der Waals surface area contributed by atoms with Gasteiger partial charge in [0.2, 0.25) is 0 Å². The molecule has 1 aromatic heterocycles. The first-order chi connectivity index (χ1) is 16.3. The summed E-state index contributed by atoms with van der Waals surface area (Å²) in [5.41, 5.74) is 1.27. The number of fused-ring (bicyclic) bond motifs is 1. The number of aromatic nitrogens is 2. The van der Waals surface area contributed by atoms with Gasteiger partial charge in [-0.2, -0.15) is 5.10 Å². The van der Waals surface area contributed by atoms with Crippen molar-refractivity contribution in [1.82, 2.24) is 25.3 Å². The average Bonchev–Trinajstić information content (AvgIpc) is 3.51. The number of nitrogens with zero attached hydrogens (tertiary/aromatic N) is 3. The molecule has 2 heterocycles. The van der Waals surface area contributed by atoms with Gasteiger partial charge in [0.15, 0.2) is 5.69 Å². The Bertz CT molecular complexity index is 1050. The third-order valence-corrected chi connectivity index (χ3v) is 7.14. The summed E-state index contributed by atoms with van der Waals surface area (Å²) in [4.78, 5) is 27.6. The highest BCUT2D eigenvalue weighted by Crippen LogP contribution is 2.27. The normalized spacial score (nSPS) is 20.4. The second-order valence-corrected chi connectivity index (χ2v) is 9.48. The van der Waals surface area contributed by atoms with Crippen LogP contribution in [0.25, 0.3) is 0 Å². The molecule has 1 unspecified atom stereocenters. The van der Waals surface area contributed by atoms with E-state index in [1.54, 1.807) is 29.9 Å². The largest absolute Gasteiger partial charge is 0.497 e. The van der Waals surface area contributed by atoms with Crippen molar-refractivity contribution in [3.63, 3.8) is 0 Å². The smallest absolute Gasteiger partial charge is 0.272 e. The molecule has 1 atom stereocenters. The Morgan fingerprint density at radius 3 is 2.68 bits per heavy atom. The lowest BCUT2D eigenvalue weighted by Crippen LogP contribution is -2.60. The van der Waals surface area contributed by atoms with E-state index in [9.17, 15) is 9.59 Å². The van der Waals surface area contributed by atoms with Crippen LogP contribution in [0.5, 0.6) is 11.5 Å². The second kappa shape index (κ2) is 10.0. The van der Waals surface area contributed by atoms with Crippen LogP contribution >= 0.6 is 0 Å². The van der Waals surface area contributed by atoms with Gasteiger partial charge >= 0.3 is 0 Å². The molecule has 1 saturated carbocycles. The monoisotopic (exact) mass is 469 g/mol. The zero-order valence-electron chi connectivity index (χ0n) is 20.5. The number of likely N-dealkylation sites (N-methyl/N-ethyl adjacent to an activating group) is 1. The summed E-state index contributed by atoms with van der Waals surface area (Å²) in [5, 5.41) is 11.0. The van der Waals surface area contributed by atoms with E-state index >= 15 is 0 Å².